The van der Waals surface area contributed by atoms with Crippen LogP contribution in [0.1, 0.15) is 6.42 Å². The van der Waals surface area contributed by atoms with E-state index in [1.165, 1.54) is 0 Å². The Hall–Kier alpha value is -0.810. The van der Waals surface area contributed by atoms with Gasteiger partial charge in [0.05, 0.1) is 6.54 Å². The number of nitrogens with zero attached hydrogens (tertiary/aromatic N) is 1. The van der Waals surface area contributed by atoms with Gasteiger partial charge in [-0.2, -0.15) is 0 Å². The maximum Gasteiger partial charge on any atom is 0.407 e. The average molecular weight is 147 g/mol. The van der Waals surface area contributed by atoms with Crippen molar-refractivity contribution in [2.24, 2.45) is 0 Å². The average Bonchev–Trinajstić information content (AvgIpc) is 2.10. The third-order valence-corrected chi connectivity index (χ3v) is 1.50. The molecule has 1 saturated heterocycles. The van der Waals surface area contributed by atoms with E-state index < -0.39 is 11.9 Å². The Kier molecular flexibility index (Phi) is 1.53. The van der Waals surface area contributed by atoms with E-state index in [4.69, 9.17) is 15.3 Å². The first-order valence-corrected chi connectivity index (χ1v) is 2.94. The van der Waals surface area contributed by atoms with Crippen molar-refractivity contribution >= 4 is 6.09 Å². The van der Waals surface area contributed by atoms with Gasteiger partial charge < -0.3 is 20.2 Å². The summed E-state index contributed by atoms with van der Waals surface area (Å²) in [6.45, 7) is -0.00926. The van der Waals surface area contributed by atoms with E-state index in [0.717, 1.165) is 4.90 Å². The number of hydrogen-bond acceptors (Lipinski definition) is 3. The molecular formula is C5H9NO4. The molecule has 1 aliphatic heterocycles. The molecule has 1 aliphatic rings. The van der Waals surface area contributed by atoms with E-state index in [-0.39, 0.29) is 19.5 Å². The van der Waals surface area contributed by atoms with E-state index in [0.29, 0.717) is 0 Å². The van der Waals surface area contributed by atoms with Crippen molar-refractivity contribution in [1.29, 1.82) is 0 Å². The van der Waals surface area contributed by atoms with Gasteiger partial charge in [0.25, 0.3) is 0 Å². The van der Waals surface area contributed by atoms with Crippen LogP contribution in [0.15, 0.2) is 0 Å². The molecule has 3 N–H and O–H groups in total. The van der Waals surface area contributed by atoms with Crippen LogP contribution in [0.5, 0.6) is 0 Å². The number of carboxylic acid groups (broad SMARTS) is 1. The number of aliphatic hydroxyl groups is 2. The fourth-order valence-corrected chi connectivity index (χ4v) is 0.941. The summed E-state index contributed by atoms with van der Waals surface area (Å²) >= 11 is 0. The van der Waals surface area contributed by atoms with Crippen LogP contribution >= 0.6 is 0 Å². The minimum atomic E-state index is -1.81. The van der Waals surface area contributed by atoms with Gasteiger partial charge in [0.2, 0.25) is 0 Å². The van der Waals surface area contributed by atoms with Gasteiger partial charge in [-0.3, -0.25) is 0 Å². The standard InChI is InChI=1S/C5H9NO4/c7-4(8)6-2-1-5(9,10)3-6/h9-10H,1-3H2,(H,7,8). The Balaban J connectivity index is 2.51. The molecule has 0 aromatic heterocycles. The molecule has 10 heavy (non-hydrogen) atoms. The fourth-order valence-electron chi connectivity index (χ4n) is 0.941. The van der Waals surface area contributed by atoms with Crippen LogP contribution in [-0.4, -0.2) is 45.2 Å². The lowest BCUT2D eigenvalue weighted by atomic mass is 10.3. The second kappa shape index (κ2) is 2.10. The molecule has 1 amide bonds. The first kappa shape index (κ1) is 7.30. The van der Waals surface area contributed by atoms with Crippen molar-refractivity contribution < 1.29 is 20.1 Å². The molecule has 0 atom stereocenters. The summed E-state index contributed by atoms with van der Waals surface area (Å²) in [5, 5.41) is 26.1. The van der Waals surface area contributed by atoms with Crippen molar-refractivity contribution in [1.82, 2.24) is 4.90 Å². The first-order valence-electron chi connectivity index (χ1n) is 2.94. The van der Waals surface area contributed by atoms with E-state index >= 15 is 0 Å². The lowest BCUT2D eigenvalue weighted by Gasteiger charge is -2.14. The molecule has 0 unspecified atom stereocenters. The van der Waals surface area contributed by atoms with Gasteiger partial charge in [-0.05, 0) is 0 Å². The normalized spacial score (nSPS) is 23.2. The Bertz CT molecular complexity index is 156. The molecule has 1 heterocycles. The van der Waals surface area contributed by atoms with E-state index in [1.807, 2.05) is 0 Å². The van der Waals surface area contributed by atoms with Crippen LogP contribution in [-0.2, 0) is 0 Å². The summed E-state index contributed by atoms with van der Waals surface area (Å²) in [4.78, 5) is 11.2. The highest BCUT2D eigenvalue weighted by Crippen LogP contribution is 2.17. The maximum atomic E-state index is 10.2. The largest absolute Gasteiger partial charge is 0.465 e. The number of hydrogen-bond donors (Lipinski definition) is 3. The van der Waals surface area contributed by atoms with Crippen molar-refractivity contribution in [3.05, 3.63) is 0 Å². The van der Waals surface area contributed by atoms with Gasteiger partial charge in [0.1, 0.15) is 0 Å². The smallest absolute Gasteiger partial charge is 0.407 e. The van der Waals surface area contributed by atoms with Crippen molar-refractivity contribution in [2.75, 3.05) is 13.1 Å². The van der Waals surface area contributed by atoms with E-state index in [9.17, 15) is 4.79 Å². The molecule has 5 heteroatoms. The van der Waals surface area contributed by atoms with Gasteiger partial charge >= 0.3 is 6.09 Å². The summed E-state index contributed by atoms with van der Waals surface area (Å²) in [6, 6.07) is 0. The molecule has 0 radical (unpaired) electrons. The lowest BCUT2D eigenvalue weighted by molar-refractivity contribution is -0.146. The second-order valence-electron chi connectivity index (χ2n) is 2.44. The molecule has 0 bridgehead atoms. The summed E-state index contributed by atoms with van der Waals surface area (Å²) in [5.41, 5.74) is 0. The zero-order valence-electron chi connectivity index (χ0n) is 5.32. The number of carbonyl (C=O) groups is 1. The lowest BCUT2D eigenvalue weighted by Crippen LogP contribution is -2.34. The zero-order valence-corrected chi connectivity index (χ0v) is 5.32. The summed E-state index contributed by atoms with van der Waals surface area (Å²) < 4.78 is 0. The van der Waals surface area contributed by atoms with Crippen molar-refractivity contribution in [3.63, 3.8) is 0 Å². The molecule has 1 rings (SSSR count). The van der Waals surface area contributed by atoms with Gasteiger partial charge in [-0.1, -0.05) is 0 Å². The second-order valence-corrected chi connectivity index (χ2v) is 2.44. The predicted molar refractivity (Wildman–Crippen MR) is 31.4 cm³/mol. The first-order chi connectivity index (χ1) is 4.51. The molecule has 0 aliphatic carbocycles. The third-order valence-electron chi connectivity index (χ3n) is 1.50. The minimum absolute atomic E-state index is 0.0965. The van der Waals surface area contributed by atoms with Crippen molar-refractivity contribution in [2.45, 2.75) is 12.2 Å². The van der Waals surface area contributed by atoms with Crippen LogP contribution in [0.4, 0.5) is 4.79 Å². The molecule has 0 aromatic carbocycles. The Labute approximate surface area is 57.5 Å². The zero-order chi connectivity index (χ0) is 7.78. The van der Waals surface area contributed by atoms with Crippen LogP contribution in [0.2, 0.25) is 0 Å². The minimum Gasteiger partial charge on any atom is -0.465 e. The Morgan fingerprint density at radius 3 is 2.30 bits per heavy atom. The Morgan fingerprint density at radius 1 is 1.50 bits per heavy atom. The van der Waals surface area contributed by atoms with E-state index in [1.54, 1.807) is 0 Å². The van der Waals surface area contributed by atoms with Crippen LogP contribution in [0.3, 0.4) is 0 Å². The number of rotatable bonds is 0. The highest BCUT2D eigenvalue weighted by Gasteiger charge is 2.35. The number of β-amino-alcohol motifs (C(OH)–C–C–N with tert-alkyl or cyclic N) is 2. The molecule has 0 saturated carbocycles. The fraction of sp³-hybridized carbons (Fsp3) is 0.800. The van der Waals surface area contributed by atoms with Gasteiger partial charge in [0, 0.05) is 13.0 Å². The van der Waals surface area contributed by atoms with Crippen LogP contribution in [0, 0.1) is 0 Å². The molecule has 0 aromatic rings. The SMILES string of the molecule is O=C(O)N1CCC(O)(O)C1. The highest BCUT2D eigenvalue weighted by molar-refractivity contribution is 5.65. The molecular weight excluding hydrogens is 138 g/mol. The van der Waals surface area contributed by atoms with Gasteiger partial charge in [-0.15, -0.1) is 0 Å². The number of likely N-dealkylation sites (tertiary alicyclic amines) is 1. The summed E-state index contributed by atoms with van der Waals surface area (Å²) in [5.74, 6) is -1.81. The molecule has 1 fully saturated rings. The maximum absolute atomic E-state index is 10.2. The van der Waals surface area contributed by atoms with Crippen LogP contribution < -0.4 is 0 Å². The third kappa shape index (κ3) is 1.37. The van der Waals surface area contributed by atoms with Gasteiger partial charge in [-0.25, -0.2) is 4.79 Å². The van der Waals surface area contributed by atoms with Crippen LogP contribution in [0.25, 0.3) is 0 Å². The quantitative estimate of drug-likeness (QED) is 0.386. The summed E-state index contributed by atoms with van der Waals surface area (Å²) in [6.07, 6.45) is -1.01. The molecule has 58 valence electrons. The van der Waals surface area contributed by atoms with Gasteiger partial charge in [0.15, 0.2) is 5.79 Å². The Morgan fingerprint density at radius 2 is 2.10 bits per heavy atom. The van der Waals surface area contributed by atoms with Crippen molar-refractivity contribution in [3.8, 4) is 0 Å². The van der Waals surface area contributed by atoms with E-state index in [2.05, 4.69) is 0 Å². The summed E-state index contributed by atoms with van der Waals surface area (Å²) in [7, 11) is 0. The topological polar surface area (TPSA) is 81.0 Å². The predicted octanol–water partition coefficient (Wildman–Crippen LogP) is -0.949. The number of amides is 1. The highest BCUT2D eigenvalue weighted by atomic mass is 16.5. The monoisotopic (exact) mass is 147 g/mol. The molecule has 5 nitrogen and oxygen atoms in total. The molecule has 0 spiro atoms.